The molecule has 0 aromatic heterocycles. The molecule has 104 valence electrons. The largest absolute Gasteiger partial charge is 0.457 e. The standard InChI is InChI=1S/C16H17NO3/c1-11(19)15-7-6-14(10-16(15)17)20-13-4-2-12(3-5-13)8-9-18/h2-7,10,18H,8-9,17H2,1H3. The Kier molecular flexibility index (Phi) is 4.38. The minimum atomic E-state index is -0.0672. The van der Waals surface area contributed by atoms with Crippen LogP contribution in [-0.4, -0.2) is 17.5 Å². The molecule has 20 heavy (non-hydrogen) atoms. The Balaban J connectivity index is 2.13. The summed E-state index contributed by atoms with van der Waals surface area (Å²) in [6.45, 7) is 1.61. The van der Waals surface area contributed by atoms with E-state index >= 15 is 0 Å². The molecule has 0 saturated heterocycles. The van der Waals surface area contributed by atoms with Crippen LogP contribution in [-0.2, 0) is 6.42 Å². The predicted molar refractivity (Wildman–Crippen MR) is 78.2 cm³/mol. The molecule has 0 saturated carbocycles. The third kappa shape index (κ3) is 3.36. The van der Waals surface area contributed by atoms with Crippen LogP contribution in [0.1, 0.15) is 22.8 Å². The van der Waals surface area contributed by atoms with E-state index in [-0.39, 0.29) is 12.4 Å². The third-order valence-electron chi connectivity index (χ3n) is 2.96. The Bertz CT molecular complexity index is 606. The van der Waals surface area contributed by atoms with Gasteiger partial charge in [0, 0.05) is 23.9 Å². The lowest BCUT2D eigenvalue weighted by atomic mass is 10.1. The number of carbonyl (C=O) groups excluding carboxylic acids is 1. The smallest absolute Gasteiger partial charge is 0.161 e. The van der Waals surface area contributed by atoms with Crippen molar-refractivity contribution in [1.82, 2.24) is 0 Å². The Labute approximate surface area is 117 Å². The van der Waals surface area contributed by atoms with Crippen molar-refractivity contribution < 1.29 is 14.6 Å². The van der Waals surface area contributed by atoms with Crippen molar-refractivity contribution in [1.29, 1.82) is 0 Å². The molecule has 0 unspecified atom stereocenters. The average molecular weight is 271 g/mol. The molecular weight excluding hydrogens is 254 g/mol. The number of benzene rings is 2. The molecule has 2 aromatic rings. The summed E-state index contributed by atoms with van der Waals surface area (Å²) < 4.78 is 5.67. The van der Waals surface area contributed by atoms with E-state index in [0.717, 1.165) is 5.56 Å². The van der Waals surface area contributed by atoms with Crippen LogP contribution in [0.2, 0.25) is 0 Å². The maximum atomic E-state index is 11.3. The highest BCUT2D eigenvalue weighted by molar-refractivity contribution is 5.99. The molecule has 2 aromatic carbocycles. The Hall–Kier alpha value is -2.33. The fourth-order valence-electron chi connectivity index (χ4n) is 1.91. The lowest BCUT2D eigenvalue weighted by Crippen LogP contribution is -1.99. The van der Waals surface area contributed by atoms with Gasteiger partial charge in [-0.1, -0.05) is 12.1 Å². The van der Waals surface area contributed by atoms with Gasteiger partial charge in [-0.05, 0) is 43.2 Å². The van der Waals surface area contributed by atoms with Crippen LogP contribution in [0.4, 0.5) is 5.69 Å². The molecule has 0 bridgehead atoms. The molecule has 0 aliphatic heterocycles. The van der Waals surface area contributed by atoms with Gasteiger partial charge < -0.3 is 15.6 Å². The van der Waals surface area contributed by atoms with Gasteiger partial charge in [0.05, 0.1) is 0 Å². The molecule has 0 amide bonds. The van der Waals surface area contributed by atoms with Gasteiger partial charge in [0.1, 0.15) is 11.5 Å². The van der Waals surface area contributed by atoms with Crippen LogP contribution >= 0.6 is 0 Å². The molecule has 2 rings (SSSR count). The number of ketones is 1. The first-order chi connectivity index (χ1) is 9.60. The van der Waals surface area contributed by atoms with Crippen molar-refractivity contribution >= 4 is 11.5 Å². The van der Waals surface area contributed by atoms with Gasteiger partial charge >= 0.3 is 0 Å². The zero-order valence-electron chi connectivity index (χ0n) is 11.3. The molecule has 0 atom stereocenters. The van der Waals surface area contributed by atoms with E-state index in [4.69, 9.17) is 15.6 Å². The van der Waals surface area contributed by atoms with Gasteiger partial charge in [0.2, 0.25) is 0 Å². The summed E-state index contributed by atoms with van der Waals surface area (Å²) in [5.41, 5.74) is 7.76. The van der Waals surface area contributed by atoms with Crippen molar-refractivity contribution in [3.8, 4) is 11.5 Å². The number of anilines is 1. The molecule has 0 spiro atoms. The molecule has 0 radical (unpaired) electrons. The molecule has 0 aliphatic carbocycles. The van der Waals surface area contributed by atoms with Crippen molar-refractivity contribution in [2.24, 2.45) is 0 Å². The van der Waals surface area contributed by atoms with Crippen LogP contribution < -0.4 is 10.5 Å². The maximum absolute atomic E-state index is 11.3. The maximum Gasteiger partial charge on any atom is 0.161 e. The van der Waals surface area contributed by atoms with E-state index in [9.17, 15) is 4.79 Å². The second-order valence-corrected chi connectivity index (χ2v) is 4.52. The lowest BCUT2D eigenvalue weighted by molar-refractivity contribution is 0.101. The first kappa shape index (κ1) is 14.1. The monoisotopic (exact) mass is 271 g/mol. The lowest BCUT2D eigenvalue weighted by Gasteiger charge is -2.09. The molecule has 3 N–H and O–H groups in total. The van der Waals surface area contributed by atoms with Crippen LogP contribution in [0.15, 0.2) is 42.5 Å². The van der Waals surface area contributed by atoms with Crippen LogP contribution in [0.25, 0.3) is 0 Å². The highest BCUT2D eigenvalue weighted by Crippen LogP contribution is 2.25. The third-order valence-corrected chi connectivity index (χ3v) is 2.96. The number of aliphatic hydroxyl groups excluding tert-OH is 1. The van der Waals surface area contributed by atoms with Gasteiger partial charge in [0.25, 0.3) is 0 Å². The van der Waals surface area contributed by atoms with E-state index < -0.39 is 0 Å². The zero-order chi connectivity index (χ0) is 14.5. The predicted octanol–water partition coefficient (Wildman–Crippen LogP) is 2.80. The highest BCUT2D eigenvalue weighted by atomic mass is 16.5. The second kappa shape index (κ2) is 6.21. The minimum Gasteiger partial charge on any atom is -0.457 e. The number of hydrogen-bond donors (Lipinski definition) is 2. The van der Waals surface area contributed by atoms with Crippen molar-refractivity contribution in [3.05, 3.63) is 53.6 Å². The number of hydrogen-bond acceptors (Lipinski definition) is 4. The second-order valence-electron chi connectivity index (χ2n) is 4.52. The summed E-state index contributed by atoms with van der Waals surface area (Å²) in [7, 11) is 0. The van der Waals surface area contributed by atoms with Gasteiger partial charge in [-0.3, -0.25) is 4.79 Å². The van der Waals surface area contributed by atoms with E-state index in [1.807, 2.05) is 24.3 Å². The minimum absolute atomic E-state index is 0.0672. The van der Waals surface area contributed by atoms with Crippen LogP contribution in [0, 0.1) is 0 Å². The summed E-state index contributed by atoms with van der Waals surface area (Å²) in [5, 5.41) is 8.85. The molecule has 0 fully saturated rings. The van der Waals surface area contributed by atoms with Gasteiger partial charge in [0.15, 0.2) is 5.78 Å². The topological polar surface area (TPSA) is 72.5 Å². The molecule has 4 nitrogen and oxygen atoms in total. The fraction of sp³-hybridized carbons (Fsp3) is 0.188. The van der Waals surface area contributed by atoms with Gasteiger partial charge in [-0.15, -0.1) is 0 Å². The van der Waals surface area contributed by atoms with E-state index in [1.54, 1.807) is 18.2 Å². The quantitative estimate of drug-likeness (QED) is 0.648. The number of ether oxygens (including phenoxy) is 1. The molecule has 4 heteroatoms. The number of rotatable bonds is 5. The number of aliphatic hydroxyl groups is 1. The normalized spacial score (nSPS) is 10.3. The average Bonchev–Trinajstić information content (AvgIpc) is 2.41. The fourth-order valence-corrected chi connectivity index (χ4v) is 1.91. The number of Topliss-reactive ketones (excluding diaryl/α,β-unsaturated/α-hetero) is 1. The summed E-state index contributed by atoms with van der Waals surface area (Å²) in [4.78, 5) is 11.3. The van der Waals surface area contributed by atoms with E-state index in [0.29, 0.717) is 29.2 Å². The summed E-state index contributed by atoms with van der Waals surface area (Å²) >= 11 is 0. The molecule has 0 heterocycles. The number of nitrogen functional groups attached to an aromatic ring is 1. The van der Waals surface area contributed by atoms with Crippen LogP contribution in [0.3, 0.4) is 0 Å². The molecule has 0 aliphatic rings. The first-order valence-electron chi connectivity index (χ1n) is 6.38. The Morgan fingerprint density at radius 2 is 1.80 bits per heavy atom. The Morgan fingerprint density at radius 1 is 1.15 bits per heavy atom. The number of nitrogens with two attached hydrogens (primary N) is 1. The summed E-state index contributed by atoms with van der Waals surface area (Å²) in [5.74, 6) is 1.20. The van der Waals surface area contributed by atoms with E-state index in [1.165, 1.54) is 6.92 Å². The number of carbonyl (C=O) groups is 1. The van der Waals surface area contributed by atoms with Crippen molar-refractivity contribution in [2.45, 2.75) is 13.3 Å². The van der Waals surface area contributed by atoms with Gasteiger partial charge in [-0.25, -0.2) is 0 Å². The summed E-state index contributed by atoms with van der Waals surface area (Å²) in [6.07, 6.45) is 0.626. The van der Waals surface area contributed by atoms with E-state index in [2.05, 4.69) is 0 Å². The Morgan fingerprint density at radius 3 is 2.35 bits per heavy atom. The van der Waals surface area contributed by atoms with Crippen molar-refractivity contribution in [2.75, 3.05) is 12.3 Å². The SMILES string of the molecule is CC(=O)c1ccc(Oc2ccc(CCO)cc2)cc1N. The molecular formula is C16H17NO3. The van der Waals surface area contributed by atoms with Crippen molar-refractivity contribution in [3.63, 3.8) is 0 Å². The first-order valence-corrected chi connectivity index (χ1v) is 6.38. The van der Waals surface area contributed by atoms with Gasteiger partial charge in [-0.2, -0.15) is 0 Å². The highest BCUT2D eigenvalue weighted by Gasteiger charge is 2.06. The zero-order valence-corrected chi connectivity index (χ0v) is 11.3. The van der Waals surface area contributed by atoms with Crippen LogP contribution in [0.5, 0.6) is 11.5 Å². The summed E-state index contributed by atoms with van der Waals surface area (Å²) in [6, 6.07) is 12.5.